The molecule has 2 heterocycles. The predicted octanol–water partition coefficient (Wildman–Crippen LogP) is -0.483. The Morgan fingerprint density at radius 3 is 2.78 bits per heavy atom. The Morgan fingerprint density at radius 1 is 1.39 bits per heavy atom. The molecule has 0 atom stereocenters. The van der Waals surface area contributed by atoms with Crippen LogP contribution in [0.25, 0.3) is 0 Å². The topological polar surface area (TPSA) is 75.4 Å². The lowest BCUT2D eigenvalue weighted by Crippen LogP contribution is -2.50. The summed E-state index contributed by atoms with van der Waals surface area (Å²) in [4.78, 5) is 25.4. The molecule has 5 nitrogen and oxygen atoms in total. The van der Waals surface area contributed by atoms with Gasteiger partial charge in [0.2, 0.25) is 11.8 Å². The number of hydrogen-bond donors (Lipinski definition) is 2. The van der Waals surface area contributed by atoms with Crippen molar-refractivity contribution in [2.24, 2.45) is 5.73 Å². The number of piperazine rings is 1. The summed E-state index contributed by atoms with van der Waals surface area (Å²) in [5.74, 6) is 5.29. The molecule has 3 N–H and O–H groups in total. The third-order valence-electron chi connectivity index (χ3n) is 2.45. The molecule has 2 rings (SSSR count). The molecule has 94 valence electrons. The molecular formula is C12H13N3O2S. The molecular weight excluding hydrogens is 250 g/mol. The van der Waals surface area contributed by atoms with E-state index in [4.69, 9.17) is 5.73 Å². The summed E-state index contributed by atoms with van der Waals surface area (Å²) in [6.45, 7) is 1.37. The molecule has 0 unspecified atom stereocenters. The molecule has 2 amide bonds. The van der Waals surface area contributed by atoms with Gasteiger partial charge in [-0.2, -0.15) is 0 Å². The standard InChI is InChI=1S/C12H13N3O2S/c13-4-1-2-9-3-5-18-10(9)6-15-7-11(16)14-12(17)8-15/h3,5H,4,6-8,13H2,(H,14,16,17). The van der Waals surface area contributed by atoms with E-state index in [1.165, 1.54) is 0 Å². The molecule has 6 heteroatoms. The van der Waals surface area contributed by atoms with Gasteiger partial charge in [0.05, 0.1) is 19.6 Å². The average molecular weight is 263 g/mol. The van der Waals surface area contributed by atoms with Gasteiger partial charge in [0.25, 0.3) is 0 Å². The molecule has 0 aromatic carbocycles. The zero-order chi connectivity index (χ0) is 13.0. The number of hydrogen-bond acceptors (Lipinski definition) is 5. The number of thiophene rings is 1. The van der Waals surface area contributed by atoms with Crippen LogP contribution in [0, 0.1) is 11.8 Å². The predicted molar refractivity (Wildman–Crippen MR) is 68.7 cm³/mol. The number of nitrogens with two attached hydrogens (primary N) is 1. The van der Waals surface area contributed by atoms with Gasteiger partial charge in [0.15, 0.2) is 0 Å². The van der Waals surface area contributed by atoms with Gasteiger partial charge in [-0.15, -0.1) is 11.3 Å². The quantitative estimate of drug-likeness (QED) is 0.558. The van der Waals surface area contributed by atoms with Crippen molar-refractivity contribution in [3.8, 4) is 11.8 Å². The fourth-order valence-electron chi connectivity index (χ4n) is 1.73. The molecule has 0 bridgehead atoms. The Balaban J connectivity index is 2.07. The second-order valence-electron chi connectivity index (χ2n) is 3.88. The lowest BCUT2D eigenvalue weighted by molar-refractivity contribution is -0.136. The van der Waals surface area contributed by atoms with Crippen molar-refractivity contribution in [1.29, 1.82) is 0 Å². The third-order valence-corrected chi connectivity index (χ3v) is 3.36. The first-order valence-electron chi connectivity index (χ1n) is 5.49. The molecule has 1 aromatic rings. The van der Waals surface area contributed by atoms with Crippen LogP contribution in [0.2, 0.25) is 0 Å². The molecule has 1 saturated heterocycles. The summed E-state index contributed by atoms with van der Waals surface area (Å²) < 4.78 is 0. The van der Waals surface area contributed by atoms with Crippen LogP contribution in [0.4, 0.5) is 0 Å². The lowest BCUT2D eigenvalue weighted by atomic mass is 10.2. The highest BCUT2D eigenvalue weighted by atomic mass is 32.1. The fourth-order valence-corrected chi connectivity index (χ4v) is 2.60. The minimum atomic E-state index is -0.252. The first-order valence-corrected chi connectivity index (χ1v) is 6.37. The van der Waals surface area contributed by atoms with Crippen molar-refractivity contribution in [1.82, 2.24) is 10.2 Å². The molecule has 18 heavy (non-hydrogen) atoms. The first kappa shape index (κ1) is 12.8. The van der Waals surface area contributed by atoms with Gasteiger partial charge in [-0.25, -0.2) is 0 Å². The van der Waals surface area contributed by atoms with Crippen molar-refractivity contribution in [2.45, 2.75) is 6.54 Å². The van der Waals surface area contributed by atoms with E-state index in [1.807, 2.05) is 11.4 Å². The molecule has 1 aromatic heterocycles. The normalized spacial score (nSPS) is 16.1. The Hall–Kier alpha value is -1.68. The maximum atomic E-state index is 11.3. The van der Waals surface area contributed by atoms with E-state index in [2.05, 4.69) is 17.2 Å². The number of imide groups is 1. The van der Waals surface area contributed by atoms with E-state index in [0.29, 0.717) is 13.1 Å². The first-order chi connectivity index (χ1) is 8.69. The monoisotopic (exact) mass is 263 g/mol. The minimum Gasteiger partial charge on any atom is -0.320 e. The summed E-state index contributed by atoms with van der Waals surface area (Å²) in [6.07, 6.45) is 0. The maximum absolute atomic E-state index is 11.3. The molecule has 0 radical (unpaired) electrons. The fraction of sp³-hybridized carbons (Fsp3) is 0.333. The Labute approximate surface area is 109 Å². The van der Waals surface area contributed by atoms with Gasteiger partial charge < -0.3 is 5.73 Å². The largest absolute Gasteiger partial charge is 0.320 e. The smallest absolute Gasteiger partial charge is 0.240 e. The number of carbonyl (C=O) groups excluding carboxylic acids is 2. The molecule has 1 aliphatic heterocycles. The zero-order valence-electron chi connectivity index (χ0n) is 9.73. The van der Waals surface area contributed by atoms with Gasteiger partial charge in [-0.05, 0) is 11.4 Å². The van der Waals surface area contributed by atoms with E-state index >= 15 is 0 Å². The van der Waals surface area contributed by atoms with Gasteiger partial charge in [0.1, 0.15) is 0 Å². The summed E-state index contributed by atoms with van der Waals surface area (Å²) >= 11 is 1.57. The van der Waals surface area contributed by atoms with Crippen LogP contribution in [-0.4, -0.2) is 36.3 Å². The summed E-state index contributed by atoms with van der Waals surface area (Å²) in [7, 11) is 0. The summed E-state index contributed by atoms with van der Waals surface area (Å²) in [5, 5.41) is 4.22. The highest BCUT2D eigenvalue weighted by Gasteiger charge is 2.23. The van der Waals surface area contributed by atoms with Gasteiger partial charge in [-0.3, -0.25) is 19.8 Å². The van der Waals surface area contributed by atoms with Crippen LogP contribution in [0.3, 0.4) is 0 Å². The Bertz CT molecular complexity index is 511. The number of carbonyl (C=O) groups is 2. The second kappa shape index (κ2) is 5.78. The second-order valence-corrected chi connectivity index (χ2v) is 4.88. The highest BCUT2D eigenvalue weighted by Crippen LogP contribution is 2.18. The van der Waals surface area contributed by atoms with E-state index in [-0.39, 0.29) is 24.9 Å². The van der Waals surface area contributed by atoms with Crippen molar-refractivity contribution in [2.75, 3.05) is 19.6 Å². The third kappa shape index (κ3) is 3.17. The van der Waals surface area contributed by atoms with Crippen molar-refractivity contribution in [3.63, 3.8) is 0 Å². The van der Waals surface area contributed by atoms with Gasteiger partial charge in [0, 0.05) is 17.0 Å². The number of nitrogens with one attached hydrogen (secondary N) is 1. The summed E-state index contributed by atoms with van der Waals surface area (Å²) in [5.41, 5.74) is 6.26. The van der Waals surface area contributed by atoms with Crippen LogP contribution in [0.15, 0.2) is 11.4 Å². The number of nitrogens with zero attached hydrogens (tertiary/aromatic N) is 1. The highest BCUT2D eigenvalue weighted by molar-refractivity contribution is 7.10. The molecule has 1 fully saturated rings. The van der Waals surface area contributed by atoms with Crippen LogP contribution in [-0.2, 0) is 16.1 Å². The van der Waals surface area contributed by atoms with E-state index < -0.39 is 0 Å². The number of amides is 2. The van der Waals surface area contributed by atoms with E-state index in [1.54, 1.807) is 16.2 Å². The van der Waals surface area contributed by atoms with Crippen LogP contribution < -0.4 is 11.1 Å². The van der Waals surface area contributed by atoms with Crippen molar-refractivity contribution in [3.05, 3.63) is 21.9 Å². The minimum absolute atomic E-state index is 0.243. The zero-order valence-corrected chi connectivity index (χ0v) is 10.5. The SMILES string of the molecule is NCC#Cc1ccsc1CN1CC(=O)NC(=O)C1. The van der Waals surface area contributed by atoms with Gasteiger partial charge in [-0.1, -0.05) is 11.8 Å². The number of rotatable bonds is 2. The van der Waals surface area contributed by atoms with Crippen molar-refractivity contribution >= 4 is 23.2 Å². The molecule has 0 saturated carbocycles. The van der Waals surface area contributed by atoms with E-state index in [9.17, 15) is 9.59 Å². The Kier molecular flexibility index (Phi) is 4.10. The van der Waals surface area contributed by atoms with E-state index in [0.717, 1.165) is 10.4 Å². The van der Waals surface area contributed by atoms with Crippen LogP contribution in [0.5, 0.6) is 0 Å². The van der Waals surface area contributed by atoms with Crippen LogP contribution >= 0.6 is 11.3 Å². The molecule has 0 aliphatic carbocycles. The average Bonchev–Trinajstić information content (AvgIpc) is 2.72. The molecule has 1 aliphatic rings. The Morgan fingerprint density at radius 2 is 2.11 bits per heavy atom. The lowest BCUT2D eigenvalue weighted by Gasteiger charge is -2.24. The van der Waals surface area contributed by atoms with Crippen LogP contribution in [0.1, 0.15) is 10.4 Å². The summed E-state index contributed by atoms with van der Waals surface area (Å²) in [6, 6.07) is 1.93. The maximum Gasteiger partial charge on any atom is 0.240 e. The van der Waals surface area contributed by atoms with Gasteiger partial charge >= 0.3 is 0 Å². The van der Waals surface area contributed by atoms with Crippen molar-refractivity contribution < 1.29 is 9.59 Å². The molecule has 0 spiro atoms.